The van der Waals surface area contributed by atoms with E-state index in [1.807, 2.05) is 0 Å². The molecule has 0 aromatic heterocycles. The van der Waals surface area contributed by atoms with Crippen molar-refractivity contribution < 1.29 is 79.4 Å². The number of esters is 2. The molecule has 0 bridgehead atoms. The molecule has 0 radical (unpaired) electrons. The summed E-state index contributed by atoms with van der Waals surface area (Å²) in [4.78, 5) is 46.5. The van der Waals surface area contributed by atoms with Crippen LogP contribution in [0.1, 0.15) is 41.4 Å². The van der Waals surface area contributed by atoms with E-state index in [1.165, 1.54) is 48.5 Å². The predicted octanol–water partition coefficient (Wildman–Crippen LogP) is 7.81. The molecule has 4 aromatic carbocycles. The van der Waals surface area contributed by atoms with Gasteiger partial charge >= 0.3 is 36.6 Å². The van der Waals surface area contributed by atoms with Crippen LogP contribution in [0.3, 0.4) is 0 Å². The third-order valence-corrected chi connectivity index (χ3v) is 5.65. The number of benzene rings is 4. The van der Waals surface area contributed by atoms with E-state index in [9.17, 15) is 55.7 Å². The molecule has 0 unspecified atom stereocenters. The van der Waals surface area contributed by atoms with Gasteiger partial charge in [0.25, 0.3) is 0 Å². The van der Waals surface area contributed by atoms with Gasteiger partial charge in [-0.25, -0.2) is 19.2 Å². The minimum atomic E-state index is -5.26. The van der Waals surface area contributed by atoms with Gasteiger partial charge in [0.1, 0.15) is 45.6 Å². The van der Waals surface area contributed by atoms with Crippen molar-refractivity contribution in [2.45, 2.75) is 12.7 Å². The molecule has 11 nitrogen and oxygen atoms in total. The van der Waals surface area contributed by atoms with Gasteiger partial charge in [-0.15, -0.1) is 26.3 Å². The lowest BCUT2D eigenvalue weighted by molar-refractivity contribution is -0.293. The molecule has 0 spiro atoms. The van der Waals surface area contributed by atoms with Crippen molar-refractivity contribution in [3.8, 4) is 34.5 Å². The van der Waals surface area contributed by atoms with E-state index in [4.69, 9.17) is 14.2 Å². The minimum absolute atomic E-state index is 0.0983. The van der Waals surface area contributed by atoms with Crippen LogP contribution < -0.4 is 14.2 Å². The fourth-order valence-electron chi connectivity index (χ4n) is 3.70. The normalized spacial score (nSPS) is 11.3. The molecule has 2 N–H and O–H groups in total. The molecule has 0 heterocycles. The monoisotopic (exact) mass is 666 g/mol. The Morgan fingerprint density at radius 2 is 0.766 bits per heavy atom. The SMILES string of the molecule is O=C(OC(F)(F)F)c1ccc(Oc2ccc(Oc3ccc(Oc4ccc(C(=O)OC(F)(F)F)cc4C(=O)O)cc3)cc2)c(C(=O)O)c1. The minimum Gasteiger partial charge on any atom is -0.478 e. The average molecular weight is 666 g/mol. The molecular weight excluding hydrogens is 650 g/mol. The lowest BCUT2D eigenvalue weighted by atomic mass is 10.1. The van der Waals surface area contributed by atoms with Gasteiger partial charge in [0, 0.05) is 0 Å². The Morgan fingerprint density at radius 3 is 1.04 bits per heavy atom. The molecule has 0 aliphatic rings. The van der Waals surface area contributed by atoms with Crippen LogP contribution in [0, 0.1) is 0 Å². The number of hydrogen-bond acceptors (Lipinski definition) is 9. The second-order valence-electron chi connectivity index (χ2n) is 8.95. The predicted molar refractivity (Wildman–Crippen MR) is 143 cm³/mol. The molecule has 0 amide bonds. The van der Waals surface area contributed by atoms with Crippen molar-refractivity contribution in [2.24, 2.45) is 0 Å². The van der Waals surface area contributed by atoms with Crippen LogP contribution in [0.5, 0.6) is 34.5 Å². The second kappa shape index (κ2) is 13.4. The van der Waals surface area contributed by atoms with Crippen LogP contribution in [0.15, 0.2) is 84.9 Å². The summed E-state index contributed by atoms with van der Waals surface area (Å²) in [5.74, 6) is -6.62. The highest BCUT2D eigenvalue weighted by atomic mass is 19.4. The average Bonchev–Trinajstić information content (AvgIpc) is 2.97. The number of carboxylic acid groups (broad SMARTS) is 2. The quantitative estimate of drug-likeness (QED) is 0.126. The van der Waals surface area contributed by atoms with Gasteiger partial charge in [-0.2, -0.15) is 0 Å². The fraction of sp³-hybridized carbons (Fsp3) is 0.0667. The van der Waals surface area contributed by atoms with Crippen LogP contribution in [0.4, 0.5) is 26.3 Å². The number of hydrogen-bond donors (Lipinski definition) is 2. The number of ether oxygens (including phenoxy) is 5. The van der Waals surface area contributed by atoms with E-state index in [2.05, 4.69) is 9.47 Å². The van der Waals surface area contributed by atoms with Crippen LogP contribution in [0.25, 0.3) is 0 Å². The first-order valence-corrected chi connectivity index (χ1v) is 12.6. The van der Waals surface area contributed by atoms with E-state index in [0.717, 1.165) is 24.3 Å². The summed E-state index contributed by atoms with van der Waals surface area (Å²) in [5.41, 5.74) is -2.56. The molecule has 0 aliphatic heterocycles. The van der Waals surface area contributed by atoms with Gasteiger partial charge in [0.05, 0.1) is 11.1 Å². The van der Waals surface area contributed by atoms with Crippen LogP contribution in [0.2, 0.25) is 0 Å². The molecule has 4 aromatic rings. The molecule has 0 fully saturated rings. The smallest absolute Gasteiger partial charge is 0.478 e. The van der Waals surface area contributed by atoms with Crippen molar-refractivity contribution in [1.82, 2.24) is 0 Å². The highest BCUT2D eigenvalue weighted by Gasteiger charge is 2.35. The third kappa shape index (κ3) is 9.37. The molecule has 17 heteroatoms. The number of carbonyl (C=O) groups is 4. The topological polar surface area (TPSA) is 155 Å². The second-order valence-corrected chi connectivity index (χ2v) is 8.95. The maximum Gasteiger partial charge on any atom is 0.575 e. The summed E-state index contributed by atoms with van der Waals surface area (Å²) in [6.45, 7) is 0. The lowest BCUT2D eigenvalue weighted by Gasteiger charge is -2.13. The van der Waals surface area contributed by atoms with Crippen molar-refractivity contribution in [3.05, 3.63) is 107 Å². The summed E-state index contributed by atoms with van der Waals surface area (Å²) in [7, 11) is 0. The summed E-state index contributed by atoms with van der Waals surface area (Å²) in [6, 6.07) is 16.3. The lowest BCUT2D eigenvalue weighted by Crippen LogP contribution is -2.19. The molecule has 47 heavy (non-hydrogen) atoms. The number of alkyl halides is 6. The molecule has 0 saturated carbocycles. The third-order valence-electron chi connectivity index (χ3n) is 5.65. The van der Waals surface area contributed by atoms with Gasteiger partial charge < -0.3 is 33.9 Å². The zero-order valence-corrected chi connectivity index (χ0v) is 22.9. The summed E-state index contributed by atoms with van der Waals surface area (Å²) < 4.78 is 97.3. The van der Waals surface area contributed by atoms with Gasteiger partial charge in [0.15, 0.2) is 0 Å². The highest BCUT2D eigenvalue weighted by molar-refractivity contribution is 5.97. The molecule has 0 saturated heterocycles. The van der Waals surface area contributed by atoms with E-state index in [1.54, 1.807) is 0 Å². The number of rotatable bonds is 10. The fourth-order valence-corrected chi connectivity index (χ4v) is 3.70. The molecule has 0 aliphatic carbocycles. The molecule has 244 valence electrons. The maximum absolute atomic E-state index is 12.3. The van der Waals surface area contributed by atoms with Crippen LogP contribution in [-0.2, 0) is 9.47 Å². The van der Waals surface area contributed by atoms with Crippen molar-refractivity contribution in [2.75, 3.05) is 0 Å². The summed E-state index contributed by atoms with van der Waals surface area (Å²) in [5, 5.41) is 18.9. The van der Waals surface area contributed by atoms with Gasteiger partial charge in [-0.05, 0) is 84.9 Å². The Balaban J connectivity index is 1.41. The zero-order valence-electron chi connectivity index (χ0n) is 22.9. The van der Waals surface area contributed by atoms with E-state index in [-0.39, 0.29) is 34.5 Å². The summed E-state index contributed by atoms with van der Waals surface area (Å²) >= 11 is 0. The van der Waals surface area contributed by atoms with Crippen LogP contribution >= 0.6 is 0 Å². The van der Waals surface area contributed by atoms with E-state index >= 15 is 0 Å². The number of aromatic carboxylic acids is 2. The van der Waals surface area contributed by atoms with E-state index < -0.39 is 58.9 Å². The zero-order chi connectivity index (χ0) is 34.5. The van der Waals surface area contributed by atoms with Gasteiger partial charge in [0.2, 0.25) is 0 Å². The Morgan fingerprint density at radius 1 is 0.468 bits per heavy atom. The van der Waals surface area contributed by atoms with E-state index in [0.29, 0.717) is 12.1 Å². The Hall–Kier alpha value is -6.26. The standard InChI is InChI=1S/C30H16F6O11/c31-29(32,33)46-27(41)15-1-11-23(21(13-15)25(37)38)44-19-7-3-17(4-8-19)43-18-5-9-20(10-6-18)45-24-12-2-16(14-22(24)26(39)40)28(42)47-30(34,35)36/h1-14H,(H,37,38)(H,39,40). The first-order chi connectivity index (χ1) is 22.0. The van der Waals surface area contributed by atoms with Crippen molar-refractivity contribution >= 4 is 23.9 Å². The van der Waals surface area contributed by atoms with Crippen molar-refractivity contribution in [3.63, 3.8) is 0 Å². The molecular formula is C30H16F6O11. The molecule has 4 rings (SSSR count). The molecule has 0 atom stereocenters. The van der Waals surface area contributed by atoms with Crippen molar-refractivity contribution in [1.29, 1.82) is 0 Å². The Labute approximate surface area is 258 Å². The van der Waals surface area contributed by atoms with Gasteiger partial charge in [-0.3, -0.25) is 0 Å². The Bertz CT molecular complexity index is 1680. The number of carbonyl (C=O) groups excluding carboxylic acids is 2. The first-order valence-electron chi connectivity index (χ1n) is 12.6. The Kier molecular flexibility index (Phi) is 9.58. The highest BCUT2D eigenvalue weighted by Crippen LogP contribution is 2.33. The summed E-state index contributed by atoms with van der Waals surface area (Å²) in [6.07, 6.45) is -10.5. The van der Waals surface area contributed by atoms with Gasteiger partial charge in [-0.1, -0.05) is 0 Å². The maximum atomic E-state index is 12.3. The number of halogens is 6. The first kappa shape index (κ1) is 33.6. The largest absolute Gasteiger partial charge is 0.575 e. The number of carboxylic acids is 2. The van der Waals surface area contributed by atoms with Crippen LogP contribution in [-0.4, -0.2) is 46.8 Å².